The van der Waals surface area contributed by atoms with Crippen molar-refractivity contribution in [3.05, 3.63) is 0 Å². The Morgan fingerprint density at radius 3 is 2.87 bits per heavy atom. The van der Waals surface area contributed by atoms with E-state index in [1.807, 2.05) is 0 Å². The first-order valence-electron chi connectivity index (χ1n) is 4.58. The topological polar surface area (TPSA) is 52.6 Å². The standard InChI is InChI=1S/C8H12F2N2O2.ClH/c9-8(10)4-11-5-1-2-12(7(5)8)3-6(13)14;/h5,7,11H,1-4H2,(H,13,14);1H/t5-,7+;/m0./s1. The van der Waals surface area contributed by atoms with Crippen molar-refractivity contribution >= 4 is 18.4 Å². The summed E-state index contributed by atoms with van der Waals surface area (Å²) in [6, 6.07) is -1.18. The molecule has 4 nitrogen and oxygen atoms in total. The maximum atomic E-state index is 13.3. The van der Waals surface area contributed by atoms with Crippen LogP contribution in [0, 0.1) is 0 Å². The van der Waals surface area contributed by atoms with Crippen molar-refractivity contribution in [2.24, 2.45) is 0 Å². The predicted molar refractivity (Wildman–Crippen MR) is 51.6 cm³/mol. The number of likely N-dealkylation sites (tertiary alicyclic amines) is 1. The van der Waals surface area contributed by atoms with Gasteiger partial charge in [-0.25, -0.2) is 8.78 Å². The quantitative estimate of drug-likeness (QED) is 0.725. The number of carbonyl (C=O) groups is 1. The summed E-state index contributed by atoms with van der Waals surface area (Å²) in [7, 11) is 0. The second-order valence-corrected chi connectivity index (χ2v) is 3.85. The zero-order valence-electron chi connectivity index (χ0n) is 7.95. The van der Waals surface area contributed by atoms with Crippen LogP contribution in [-0.4, -0.2) is 53.6 Å². The maximum absolute atomic E-state index is 13.3. The zero-order valence-corrected chi connectivity index (χ0v) is 8.77. The van der Waals surface area contributed by atoms with E-state index in [0.29, 0.717) is 13.0 Å². The molecule has 0 bridgehead atoms. The number of carboxylic acid groups (broad SMARTS) is 1. The van der Waals surface area contributed by atoms with Crippen molar-refractivity contribution in [2.45, 2.75) is 24.4 Å². The van der Waals surface area contributed by atoms with Crippen LogP contribution in [0.5, 0.6) is 0 Å². The number of alkyl halides is 2. The molecule has 88 valence electrons. The van der Waals surface area contributed by atoms with Crippen molar-refractivity contribution in [2.75, 3.05) is 19.6 Å². The Labute approximate surface area is 92.0 Å². The van der Waals surface area contributed by atoms with Crippen LogP contribution in [0.1, 0.15) is 6.42 Å². The molecule has 2 N–H and O–H groups in total. The third-order valence-corrected chi connectivity index (χ3v) is 2.87. The van der Waals surface area contributed by atoms with Gasteiger partial charge < -0.3 is 10.4 Å². The second kappa shape index (κ2) is 4.19. The van der Waals surface area contributed by atoms with Gasteiger partial charge in [0, 0.05) is 12.6 Å². The number of fused-ring (bicyclic) bond motifs is 1. The molecular formula is C8H13ClF2N2O2. The van der Waals surface area contributed by atoms with Gasteiger partial charge in [0.25, 0.3) is 5.92 Å². The molecule has 7 heteroatoms. The fourth-order valence-corrected chi connectivity index (χ4v) is 2.35. The minimum absolute atomic E-state index is 0. The van der Waals surface area contributed by atoms with Gasteiger partial charge in [0.15, 0.2) is 0 Å². The number of hydrogen-bond donors (Lipinski definition) is 2. The number of halogens is 3. The van der Waals surface area contributed by atoms with E-state index in [1.54, 1.807) is 0 Å². The normalized spacial score (nSPS) is 33.5. The molecule has 0 radical (unpaired) electrons. The molecule has 2 atom stereocenters. The molecular weight excluding hydrogens is 230 g/mol. The first-order valence-corrected chi connectivity index (χ1v) is 4.58. The van der Waals surface area contributed by atoms with Crippen molar-refractivity contribution in [1.82, 2.24) is 10.2 Å². The highest BCUT2D eigenvalue weighted by molar-refractivity contribution is 5.85. The molecule has 2 rings (SSSR count). The highest BCUT2D eigenvalue weighted by Crippen LogP contribution is 2.35. The number of nitrogens with zero attached hydrogens (tertiary/aromatic N) is 1. The SMILES string of the molecule is Cl.O=C(O)CN1CC[C@@H]2NCC(F)(F)[C@@H]21. The van der Waals surface area contributed by atoms with Crippen LogP contribution in [-0.2, 0) is 4.79 Å². The van der Waals surface area contributed by atoms with Crippen LogP contribution in [0.3, 0.4) is 0 Å². The molecule has 2 heterocycles. The molecule has 2 aliphatic rings. The van der Waals surface area contributed by atoms with Gasteiger partial charge in [-0.15, -0.1) is 12.4 Å². The van der Waals surface area contributed by atoms with E-state index in [9.17, 15) is 13.6 Å². The van der Waals surface area contributed by atoms with E-state index in [4.69, 9.17) is 5.11 Å². The van der Waals surface area contributed by atoms with Gasteiger partial charge in [-0.05, 0) is 6.42 Å². The molecule has 15 heavy (non-hydrogen) atoms. The second-order valence-electron chi connectivity index (χ2n) is 3.85. The van der Waals surface area contributed by atoms with Crippen LogP contribution < -0.4 is 5.32 Å². The molecule has 2 saturated heterocycles. The Balaban J connectivity index is 0.00000112. The van der Waals surface area contributed by atoms with Gasteiger partial charge in [0.1, 0.15) is 0 Å². The Morgan fingerprint density at radius 2 is 2.27 bits per heavy atom. The van der Waals surface area contributed by atoms with Gasteiger partial charge in [-0.1, -0.05) is 0 Å². The van der Waals surface area contributed by atoms with E-state index in [1.165, 1.54) is 4.90 Å². The highest BCUT2D eigenvalue weighted by Gasteiger charge is 2.55. The first kappa shape index (κ1) is 12.6. The molecule has 0 spiro atoms. The summed E-state index contributed by atoms with van der Waals surface area (Å²) >= 11 is 0. The Kier molecular flexibility index (Phi) is 3.52. The van der Waals surface area contributed by atoms with Crippen LogP contribution in [0.2, 0.25) is 0 Å². The summed E-state index contributed by atoms with van der Waals surface area (Å²) in [5.41, 5.74) is 0. The van der Waals surface area contributed by atoms with Gasteiger partial charge in [-0.2, -0.15) is 0 Å². The lowest BCUT2D eigenvalue weighted by Crippen LogP contribution is -2.47. The monoisotopic (exact) mass is 242 g/mol. The van der Waals surface area contributed by atoms with Gasteiger partial charge in [-0.3, -0.25) is 9.69 Å². The minimum atomic E-state index is -2.80. The number of hydrogen-bond acceptors (Lipinski definition) is 3. The Hall–Kier alpha value is -0.460. The maximum Gasteiger partial charge on any atom is 0.317 e. The van der Waals surface area contributed by atoms with E-state index in [-0.39, 0.29) is 31.5 Å². The summed E-state index contributed by atoms with van der Waals surface area (Å²) in [6.45, 7) is -0.193. The molecule has 0 unspecified atom stereocenters. The van der Waals surface area contributed by atoms with Gasteiger partial charge in [0.2, 0.25) is 0 Å². The summed E-state index contributed by atoms with van der Waals surface area (Å²) in [4.78, 5) is 11.8. The predicted octanol–water partition coefficient (Wildman–Crippen LogP) is 0.174. The van der Waals surface area contributed by atoms with E-state index in [0.717, 1.165) is 0 Å². The lowest BCUT2D eigenvalue weighted by Gasteiger charge is -2.26. The van der Waals surface area contributed by atoms with E-state index >= 15 is 0 Å². The number of aliphatic carboxylic acids is 1. The van der Waals surface area contributed by atoms with E-state index in [2.05, 4.69) is 5.32 Å². The fraction of sp³-hybridized carbons (Fsp3) is 0.875. The van der Waals surface area contributed by atoms with Crippen LogP contribution in [0.25, 0.3) is 0 Å². The van der Waals surface area contributed by atoms with Crippen LogP contribution >= 0.6 is 12.4 Å². The summed E-state index contributed by atoms with van der Waals surface area (Å²) in [5, 5.41) is 11.3. The molecule has 2 fully saturated rings. The average molecular weight is 243 g/mol. The van der Waals surface area contributed by atoms with Crippen LogP contribution in [0.4, 0.5) is 8.78 Å². The van der Waals surface area contributed by atoms with Crippen molar-refractivity contribution in [3.63, 3.8) is 0 Å². The number of nitrogens with one attached hydrogen (secondary N) is 1. The molecule has 0 aromatic rings. The molecule has 0 aromatic heterocycles. The summed E-state index contributed by atoms with van der Waals surface area (Å²) < 4.78 is 26.6. The minimum Gasteiger partial charge on any atom is -0.480 e. The average Bonchev–Trinajstić information content (AvgIpc) is 2.55. The summed E-state index contributed by atoms with van der Waals surface area (Å²) in [6.07, 6.45) is 0.605. The Bertz CT molecular complexity index is 265. The first-order chi connectivity index (χ1) is 6.50. The van der Waals surface area contributed by atoms with Crippen molar-refractivity contribution in [3.8, 4) is 0 Å². The number of rotatable bonds is 2. The largest absolute Gasteiger partial charge is 0.480 e. The van der Waals surface area contributed by atoms with Crippen molar-refractivity contribution in [1.29, 1.82) is 0 Å². The summed E-state index contributed by atoms with van der Waals surface area (Å²) in [5.74, 6) is -3.84. The molecule has 0 amide bonds. The Morgan fingerprint density at radius 1 is 1.60 bits per heavy atom. The molecule has 2 aliphatic heterocycles. The highest BCUT2D eigenvalue weighted by atomic mass is 35.5. The zero-order chi connectivity index (χ0) is 10.3. The van der Waals surface area contributed by atoms with Gasteiger partial charge >= 0.3 is 5.97 Å². The molecule has 0 aliphatic carbocycles. The van der Waals surface area contributed by atoms with Crippen molar-refractivity contribution < 1.29 is 18.7 Å². The lowest BCUT2D eigenvalue weighted by atomic mass is 10.1. The smallest absolute Gasteiger partial charge is 0.317 e. The fourth-order valence-electron chi connectivity index (χ4n) is 2.35. The number of carboxylic acids is 1. The molecule has 0 aromatic carbocycles. The van der Waals surface area contributed by atoms with Crippen LogP contribution in [0.15, 0.2) is 0 Å². The third kappa shape index (κ3) is 2.21. The van der Waals surface area contributed by atoms with Gasteiger partial charge in [0.05, 0.1) is 19.1 Å². The van der Waals surface area contributed by atoms with E-state index < -0.39 is 17.9 Å². The third-order valence-electron chi connectivity index (χ3n) is 2.87. The lowest BCUT2D eigenvalue weighted by molar-refractivity contribution is -0.140. The molecule has 0 saturated carbocycles.